The van der Waals surface area contributed by atoms with E-state index in [4.69, 9.17) is 9.84 Å². The Kier molecular flexibility index (Phi) is 43.0. The van der Waals surface area contributed by atoms with Crippen molar-refractivity contribution in [2.75, 3.05) is 0 Å². The summed E-state index contributed by atoms with van der Waals surface area (Å²) in [4.78, 5) is 23.4. The Labute approximate surface area is 325 Å². The van der Waals surface area contributed by atoms with Gasteiger partial charge in [0.15, 0.2) is 0 Å². The van der Waals surface area contributed by atoms with Crippen LogP contribution in [0.1, 0.15) is 277 Å². The van der Waals surface area contributed by atoms with Gasteiger partial charge in [-0.1, -0.05) is 212 Å². The van der Waals surface area contributed by atoms with Gasteiger partial charge < -0.3 is 9.84 Å². The topological polar surface area (TPSA) is 63.6 Å². The first-order valence-electron chi connectivity index (χ1n) is 23.7. The van der Waals surface area contributed by atoms with E-state index >= 15 is 0 Å². The summed E-state index contributed by atoms with van der Waals surface area (Å²) in [5.74, 6) is -0.644. The van der Waals surface area contributed by atoms with Gasteiger partial charge in [0.1, 0.15) is 6.10 Å². The van der Waals surface area contributed by atoms with Crippen molar-refractivity contribution in [2.24, 2.45) is 0 Å². The van der Waals surface area contributed by atoms with Crippen LogP contribution in [0.4, 0.5) is 0 Å². The number of hydrogen-bond donors (Lipinski definition) is 1. The number of hydrogen-bond acceptors (Lipinski definition) is 3. The maximum absolute atomic E-state index is 12.8. The lowest BCUT2D eigenvalue weighted by Crippen LogP contribution is -2.18. The molecule has 4 heteroatoms. The number of aliphatic carboxylic acids is 1. The second-order valence-electron chi connectivity index (χ2n) is 16.3. The predicted molar refractivity (Wildman–Crippen MR) is 227 cm³/mol. The zero-order valence-electron chi connectivity index (χ0n) is 35.4. The largest absolute Gasteiger partial charge is 0.481 e. The van der Waals surface area contributed by atoms with Gasteiger partial charge in [-0.2, -0.15) is 0 Å². The average Bonchev–Trinajstić information content (AvgIpc) is 3.13. The van der Waals surface area contributed by atoms with Crippen molar-refractivity contribution in [1.29, 1.82) is 0 Å². The maximum atomic E-state index is 12.8. The molecule has 0 aromatic carbocycles. The Morgan fingerprint density at radius 2 is 0.692 bits per heavy atom. The molecule has 0 saturated carbocycles. The minimum Gasteiger partial charge on any atom is -0.481 e. The highest BCUT2D eigenvalue weighted by atomic mass is 16.5. The highest BCUT2D eigenvalue weighted by molar-refractivity contribution is 5.69. The molecule has 0 saturated heterocycles. The van der Waals surface area contributed by atoms with Crippen molar-refractivity contribution in [3.05, 3.63) is 12.2 Å². The first-order valence-corrected chi connectivity index (χ1v) is 23.7. The van der Waals surface area contributed by atoms with Crippen molar-refractivity contribution < 1.29 is 19.4 Å². The molecule has 0 amide bonds. The van der Waals surface area contributed by atoms with E-state index in [0.29, 0.717) is 12.8 Å². The van der Waals surface area contributed by atoms with Gasteiger partial charge in [-0.15, -0.1) is 0 Å². The molecule has 0 rings (SSSR count). The molecule has 0 aromatic rings. The van der Waals surface area contributed by atoms with Crippen molar-refractivity contribution in [2.45, 2.75) is 283 Å². The molecule has 0 aromatic heterocycles. The van der Waals surface area contributed by atoms with Crippen LogP contribution >= 0.6 is 0 Å². The van der Waals surface area contributed by atoms with E-state index in [1.807, 2.05) is 0 Å². The number of carboxylic acids is 1. The highest BCUT2D eigenvalue weighted by Gasteiger charge is 2.14. The summed E-state index contributed by atoms with van der Waals surface area (Å²) in [5, 5.41) is 8.77. The van der Waals surface area contributed by atoms with Gasteiger partial charge >= 0.3 is 11.9 Å². The van der Waals surface area contributed by atoms with Crippen molar-refractivity contribution >= 4 is 11.9 Å². The zero-order valence-corrected chi connectivity index (χ0v) is 35.4. The first-order chi connectivity index (χ1) is 25.6. The molecule has 0 heterocycles. The number of unbranched alkanes of at least 4 members (excludes halogenated alkanes) is 33. The number of carboxylic acid groups (broad SMARTS) is 1. The summed E-state index contributed by atoms with van der Waals surface area (Å²) in [7, 11) is 0. The summed E-state index contributed by atoms with van der Waals surface area (Å²) in [6.45, 7) is 4.57. The second-order valence-corrected chi connectivity index (χ2v) is 16.3. The molecule has 0 aliphatic heterocycles. The van der Waals surface area contributed by atoms with Crippen molar-refractivity contribution in [3.63, 3.8) is 0 Å². The third-order valence-corrected chi connectivity index (χ3v) is 11.0. The third-order valence-electron chi connectivity index (χ3n) is 11.0. The minimum absolute atomic E-state index is 0.0340. The number of esters is 1. The van der Waals surface area contributed by atoms with Crippen molar-refractivity contribution in [3.8, 4) is 0 Å². The van der Waals surface area contributed by atoms with Crippen LogP contribution in [0, 0.1) is 0 Å². The third kappa shape index (κ3) is 43.1. The number of allylic oxidation sites excluding steroid dienone is 2. The SMILES string of the molecule is CCCCCCCC/C=C\CCCCCCCCCCCCCC(=O)OC(CCCCCCCCCCCC)CCCCCCCCCCC(=O)O. The van der Waals surface area contributed by atoms with E-state index in [9.17, 15) is 9.59 Å². The normalized spacial score (nSPS) is 12.2. The summed E-state index contributed by atoms with van der Waals surface area (Å²) in [6.07, 6.45) is 55.5. The van der Waals surface area contributed by atoms with Crippen molar-refractivity contribution in [1.82, 2.24) is 0 Å². The van der Waals surface area contributed by atoms with Crippen LogP contribution in [0.15, 0.2) is 12.2 Å². The standard InChI is InChI=1S/C48H92O4/c1-3-5-7-9-11-13-15-16-17-18-19-20-21-22-23-24-25-27-33-37-41-45-48(51)52-46(42-38-34-30-26-14-12-10-8-6-4-2)43-39-35-31-28-29-32-36-40-44-47(49)50/h16-17,46H,3-15,18-45H2,1-2H3,(H,49,50)/b17-16-. The van der Waals surface area contributed by atoms with Gasteiger partial charge in [0, 0.05) is 12.8 Å². The molecule has 0 fully saturated rings. The lowest BCUT2D eigenvalue weighted by Gasteiger charge is -2.18. The van der Waals surface area contributed by atoms with Gasteiger partial charge in [0.05, 0.1) is 0 Å². The first kappa shape index (κ1) is 50.7. The lowest BCUT2D eigenvalue weighted by molar-refractivity contribution is -0.150. The molecule has 52 heavy (non-hydrogen) atoms. The van der Waals surface area contributed by atoms with Crippen LogP contribution in [0.5, 0.6) is 0 Å². The maximum Gasteiger partial charge on any atom is 0.306 e. The quantitative estimate of drug-likeness (QED) is 0.0385. The predicted octanol–water partition coefficient (Wildman–Crippen LogP) is 16.6. The number of ether oxygens (including phenoxy) is 1. The molecule has 308 valence electrons. The number of carbonyl (C=O) groups is 2. The smallest absolute Gasteiger partial charge is 0.306 e. The van der Waals surface area contributed by atoms with E-state index in [-0.39, 0.29) is 12.1 Å². The van der Waals surface area contributed by atoms with Gasteiger partial charge in [0.2, 0.25) is 0 Å². The Hall–Kier alpha value is -1.32. The molecular weight excluding hydrogens is 641 g/mol. The van der Waals surface area contributed by atoms with E-state index in [1.54, 1.807) is 0 Å². The van der Waals surface area contributed by atoms with Crippen LogP contribution < -0.4 is 0 Å². The molecule has 0 aliphatic rings. The fourth-order valence-electron chi connectivity index (χ4n) is 7.48. The summed E-state index contributed by atoms with van der Waals surface area (Å²) >= 11 is 0. The Morgan fingerprint density at radius 1 is 0.404 bits per heavy atom. The second kappa shape index (κ2) is 44.1. The van der Waals surface area contributed by atoms with Crippen LogP contribution in [-0.2, 0) is 14.3 Å². The monoisotopic (exact) mass is 733 g/mol. The fraction of sp³-hybridized carbons (Fsp3) is 0.917. The average molecular weight is 733 g/mol. The summed E-state index contributed by atoms with van der Waals surface area (Å²) < 4.78 is 6.08. The zero-order chi connectivity index (χ0) is 37.8. The molecule has 0 spiro atoms. The molecule has 0 radical (unpaired) electrons. The molecular formula is C48H92O4. The van der Waals surface area contributed by atoms with Gasteiger partial charge in [0.25, 0.3) is 0 Å². The summed E-state index contributed by atoms with van der Waals surface area (Å²) in [6, 6.07) is 0. The van der Waals surface area contributed by atoms with Crippen LogP contribution in [0.2, 0.25) is 0 Å². The molecule has 0 bridgehead atoms. The fourth-order valence-corrected chi connectivity index (χ4v) is 7.48. The van der Waals surface area contributed by atoms with E-state index in [2.05, 4.69) is 26.0 Å². The molecule has 1 atom stereocenters. The van der Waals surface area contributed by atoms with E-state index < -0.39 is 5.97 Å². The van der Waals surface area contributed by atoms with Crippen LogP contribution in [0.3, 0.4) is 0 Å². The minimum atomic E-state index is -0.678. The molecule has 4 nitrogen and oxygen atoms in total. The number of rotatable bonds is 44. The molecule has 1 N–H and O–H groups in total. The van der Waals surface area contributed by atoms with E-state index in [1.165, 1.54) is 199 Å². The Bertz CT molecular complexity index is 747. The van der Waals surface area contributed by atoms with Gasteiger partial charge in [-0.3, -0.25) is 9.59 Å². The van der Waals surface area contributed by atoms with Gasteiger partial charge in [-0.25, -0.2) is 0 Å². The molecule has 0 aliphatic carbocycles. The Balaban J connectivity index is 3.92. The van der Waals surface area contributed by atoms with E-state index in [0.717, 1.165) is 51.4 Å². The summed E-state index contributed by atoms with van der Waals surface area (Å²) in [5.41, 5.74) is 0. The van der Waals surface area contributed by atoms with Crippen LogP contribution in [0.25, 0.3) is 0 Å². The van der Waals surface area contributed by atoms with Gasteiger partial charge in [-0.05, 0) is 64.2 Å². The van der Waals surface area contributed by atoms with Crippen LogP contribution in [-0.4, -0.2) is 23.1 Å². The Morgan fingerprint density at radius 3 is 1.04 bits per heavy atom. The number of carbonyl (C=O) groups excluding carboxylic acids is 1. The highest BCUT2D eigenvalue weighted by Crippen LogP contribution is 2.20. The molecule has 1 unspecified atom stereocenters. The lowest BCUT2D eigenvalue weighted by atomic mass is 10.0.